The van der Waals surface area contributed by atoms with Gasteiger partial charge < -0.3 is 16.2 Å². The number of anilines is 2. The summed E-state index contributed by atoms with van der Waals surface area (Å²) in [5.74, 6) is -0.227. The maximum atomic E-state index is 12.0. The average molecular weight is 307 g/mol. The second-order valence-corrected chi connectivity index (χ2v) is 4.56. The molecule has 92 valence electrons. The molecule has 0 aliphatic rings. The Balaban J connectivity index is 2.25. The Morgan fingerprint density at radius 2 is 1.94 bits per heavy atom. The molecular weight excluding hydrogens is 296 g/mol. The lowest BCUT2D eigenvalue weighted by Gasteiger charge is -2.08. The number of nitrogens with one attached hydrogen (secondary N) is 1. The van der Waals surface area contributed by atoms with Gasteiger partial charge in [-0.1, -0.05) is 12.1 Å². The van der Waals surface area contributed by atoms with Crippen LogP contribution in [0.5, 0.6) is 5.75 Å². The maximum absolute atomic E-state index is 12.0. The minimum Gasteiger partial charge on any atom is -0.508 e. The lowest BCUT2D eigenvalue weighted by molar-refractivity contribution is 0.102. The van der Waals surface area contributed by atoms with Crippen LogP contribution in [0, 0.1) is 0 Å². The number of nitrogens with two attached hydrogens (primary N) is 1. The lowest BCUT2D eigenvalue weighted by Crippen LogP contribution is -2.14. The van der Waals surface area contributed by atoms with E-state index < -0.39 is 0 Å². The van der Waals surface area contributed by atoms with Crippen LogP contribution in [0.25, 0.3) is 0 Å². The number of carbonyl (C=O) groups is 1. The summed E-state index contributed by atoms with van der Waals surface area (Å²) >= 11 is 3.27. The monoisotopic (exact) mass is 306 g/mol. The number of amides is 1. The molecule has 0 bridgehead atoms. The molecule has 2 rings (SSSR count). The molecule has 0 atom stereocenters. The van der Waals surface area contributed by atoms with E-state index in [2.05, 4.69) is 21.2 Å². The fourth-order valence-corrected chi connectivity index (χ4v) is 1.88. The highest BCUT2D eigenvalue weighted by Gasteiger charge is 2.11. The molecule has 0 radical (unpaired) electrons. The van der Waals surface area contributed by atoms with E-state index in [4.69, 9.17) is 5.73 Å². The molecule has 0 saturated carbocycles. The molecule has 0 spiro atoms. The molecule has 5 heteroatoms. The molecule has 2 aromatic rings. The number of phenols is 1. The van der Waals surface area contributed by atoms with Crippen molar-refractivity contribution in [1.29, 1.82) is 0 Å². The van der Waals surface area contributed by atoms with Crippen molar-refractivity contribution in [2.24, 2.45) is 0 Å². The molecule has 0 saturated heterocycles. The summed E-state index contributed by atoms with van der Waals surface area (Å²) in [7, 11) is 0. The first-order valence-corrected chi connectivity index (χ1v) is 6.01. The third-order valence-electron chi connectivity index (χ3n) is 2.40. The molecule has 0 aromatic heterocycles. The lowest BCUT2D eigenvalue weighted by atomic mass is 10.1. The topological polar surface area (TPSA) is 75.4 Å². The summed E-state index contributed by atoms with van der Waals surface area (Å²) in [4.78, 5) is 12.0. The van der Waals surface area contributed by atoms with E-state index in [0.29, 0.717) is 21.4 Å². The van der Waals surface area contributed by atoms with Gasteiger partial charge in [-0.25, -0.2) is 0 Å². The number of aromatic hydroxyl groups is 1. The molecule has 0 aliphatic carbocycles. The zero-order valence-corrected chi connectivity index (χ0v) is 10.9. The van der Waals surface area contributed by atoms with E-state index in [1.165, 1.54) is 12.1 Å². The van der Waals surface area contributed by atoms with Gasteiger partial charge in [0.2, 0.25) is 0 Å². The van der Waals surface area contributed by atoms with Gasteiger partial charge in [0.15, 0.2) is 0 Å². The highest BCUT2D eigenvalue weighted by Crippen LogP contribution is 2.24. The Hall–Kier alpha value is -2.01. The minimum absolute atomic E-state index is 0.0926. The van der Waals surface area contributed by atoms with Crippen LogP contribution in [0.3, 0.4) is 0 Å². The highest BCUT2D eigenvalue weighted by molar-refractivity contribution is 9.10. The summed E-state index contributed by atoms with van der Waals surface area (Å²) in [6.45, 7) is 0. The quantitative estimate of drug-likeness (QED) is 0.747. The van der Waals surface area contributed by atoms with Crippen LogP contribution in [0.15, 0.2) is 46.9 Å². The first-order chi connectivity index (χ1) is 8.58. The number of nitrogen functional groups attached to an aromatic ring is 1. The number of carbonyl (C=O) groups excluding carboxylic acids is 1. The van der Waals surface area contributed by atoms with Gasteiger partial charge in [-0.2, -0.15) is 0 Å². The van der Waals surface area contributed by atoms with Crippen LogP contribution in [-0.2, 0) is 0 Å². The van der Waals surface area contributed by atoms with E-state index in [1.807, 2.05) is 0 Å². The fourth-order valence-electron chi connectivity index (χ4n) is 1.52. The summed E-state index contributed by atoms with van der Waals surface area (Å²) in [5.41, 5.74) is 7.09. The number of hydrogen-bond donors (Lipinski definition) is 3. The molecule has 2 aromatic carbocycles. The van der Waals surface area contributed by atoms with Crippen LogP contribution in [0.2, 0.25) is 0 Å². The van der Waals surface area contributed by atoms with Gasteiger partial charge in [0.1, 0.15) is 5.75 Å². The Morgan fingerprint density at radius 3 is 2.67 bits per heavy atom. The Bertz CT molecular complexity index is 599. The summed E-state index contributed by atoms with van der Waals surface area (Å²) in [5, 5.41) is 12.0. The van der Waals surface area contributed by atoms with Gasteiger partial charge in [-0.15, -0.1) is 0 Å². The number of phenolic OH excluding ortho intramolecular Hbond substituents is 1. The largest absolute Gasteiger partial charge is 0.508 e. The molecule has 4 N–H and O–H groups in total. The van der Waals surface area contributed by atoms with Crippen LogP contribution < -0.4 is 11.1 Å². The number of rotatable bonds is 2. The summed E-state index contributed by atoms with van der Waals surface area (Å²) in [6, 6.07) is 11.5. The second kappa shape index (κ2) is 5.10. The third-order valence-corrected chi connectivity index (χ3v) is 3.09. The Morgan fingerprint density at radius 1 is 1.22 bits per heavy atom. The van der Waals surface area contributed by atoms with Crippen LogP contribution in [0.4, 0.5) is 11.4 Å². The van der Waals surface area contributed by atoms with Gasteiger partial charge in [-0.05, 0) is 40.2 Å². The SMILES string of the molecule is Nc1c(Br)cccc1C(=O)Nc1cccc(O)c1. The zero-order valence-electron chi connectivity index (χ0n) is 9.35. The van der Waals surface area contributed by atoms with Crippen molar-refractivity contribution in [3.63, 3.8) is 0 Å². The molecule has 4 nitrogen and oxygen atoms in total. The van der Waals surface area contributed by atoms with E-state index in [-0.39, 0.29) is 11.7 Å². The van der Waals surface area contributed by atoms with Gasteiger partial charge in [0.25, 0.3) is 5.91 Å². The van der Waals surface area contributed by atoms with Gasteiger partial charge in [0, 0.05) is 16.2 Å². The van der Waals surface area contributed by atoms with Crippen molar-refractivity contribution < 1.29 is 9.90 Å². The smallest absolute Gasteiger partial charge is 0.257 e. The van der Waals surface area contributed by atoms with E-state index in [1.54, 1.807) is 30.3 Å². The molecule has 0 heterocycles. The molecular formula is C13H11BrN2O2. The number of benzene rings is 2. The number of halogens is 1. The first-order valence-electron chi connectivity index (χ1n) is 5.22. The zero-order chi connectivity index (χ0) is 13.1. The molecule has 0 aliphatic heterocycles. The standard InChI is InChI=1S/C13H11BrN2O2/c14-11-6-2-5-10(12(11)15)13(18)16-8-3-1-4-9(17)7-8/h1-7,17H,15H2,(H,16,18). The van der Waals surface area contributed by atoms with E-state index in [0.717, 1.165) is 0 Å². The Kier molecular flexibility index (Phi) is 3.53. The van der Waals surface area contributed by atoms with Crippen LogP contribution in [-0.4, -0.2) is 11.0 Å². The van der Waals surface area contributed by atoms with Crippen molar-refractivity contribution in [3.05, 3.63) is 52.5 Å². The summed E-state index contributed by atoms with van der Waals surface area (Å²) < 4.78 is 0.672. The summed E-state index contributed by atoms with van der Waals surface area (Å²) in [6.07, 6.45) is 0. The first kappa shape index (κ1) is 12.4. The fraction of sp³-hybridized carbons (Fsp3) is 0. The Labute approximate surface area is 113 Å². The predicted octanol–water partition coefficient (Wildman–Crippen LogP) is 2.99. The number of para-hydroxylation sites is 1. The van der Waals surface area contributed by atoms with Gasteiger partial charge in [-0.3, -0.25) is 4.79 Å². The van der Waals surface area contributed by atoms with Crippen molar-refractivity contribution in [2.75, 3.05) is 11.1 Å². The number of hydrogen-bond acceptors (Lipinski definition) is 3. The van der Waals surface area contributed by atoms with Crippen molar-refractivity contribution in [1.82, 2.24) is 0 Å². The van der Waals surface area contributed by atoms with E-state index >= 15 is 0 Å². The minimum atomic E-state index is -0.320. The van der Waals surface area contributed by atoms with Gasteiger partial charge in [0.05, 0.1) is 11.3 Å². The second-order valence-electron chi connectivity index (χ2n) is 3.71. The molecule has 0 fully saturated rings. The normalized spacial score (nSPS) is 10.1. The average Bonchev–Trinajstić information content (AvgIpc) is 2.32. The molecule has 0 unspecified atom stereocenters. The molecule has 18 heavy (non-hydrogen) atoms. The van der Waals surface area contributed by atoms with Crippen molar-refractivity contribution in [2.45, 2.75) is 0 Å². The van der Waals surface area contributed by atoms with Gasteiger partial charge >= 0.3 is 0 Å². The van der Waals surface area contributed by atoms with Crippen molar-refractivity contribution in [3.8, 4) is 5.75 Å². The van der Waals surface area contributed by atoms with Crippen molar-refractivity contribution >= 4 is 33.2 Å². The highest BCUT2D eigenvalue weighted by atomic mass is 79.9. The van der Waals surface area contributed by atoms with Crippen LogP contribution in [0.1, 0.15) is 10.4 Å². The third kappa shape index (κ3) is 2.62. The molecule has 1 amide bonds. The van der Waals surface area contributed by atoms with Crippen LogP contribution >= 0.6 is 15.9 Å². The van der Waals surface area contributed by atoms with E-state index in [9.17, 15) is 9.90 Å². The maximum Gasteiger partial charge on any atom is 0.257 e. The predicted molar refractivity (Wildman–Crippen MR) is 74.6 cm³/mol.